The average molecular weight is 280 g/mol. The second kappa shape index (κ2) is 4.99. The summed E-state index contributed by atoms with van der Waals surface area (Å²) in [7, 11) is 0. The molecule has 0 atom stereocenters. The summed E-state index contributed by atoms with van der Waals surface area (Å²) >= 11 is 0. The largest absolute Gasteiger partial charge is 0.411 e. The summed E-state index contributed by atoms with van der Waals surface area (Å²) in [6, 6.07) is 12.3. The van der Waals surface area contributed by atoms with Crippen molar-refractivity contribution in [1.82, 2.24) is 4.98 Å². The van der Waals surface area contributed by atoms with E-state index in [1.54, 1.807) is 0 Å². The molecule has 21 heavy (non-hydrogen) atoms. The highest BCUT2D eigenvalue weighted by atomic mass is 16.4. The molecule has 0 saturated heterocycles. The highest BCUT2D eigenvalue weighted by Gasteiger charge is 2.32. The number of hydrogen-bond donors (Lipinski definition) is 1. The minimum Gasteiger partial charge on any atom is -0.411 e. The van der Waals surface area contributed by atoms with E-state index in [1.807, 2.05) is 18.2 Å². The quantitative estimate of drug-likeness (QED) is 0.628. The molecular weight excluding hydrogens is 260 g/mol. The number of aromatic nitrogens is 1. The monoisotopic (exact) mass is 280 g/mol. The van der Waals surface area contributed by atoms with Crippen molar-refractivity contribution in [2.24, 2.45) is 10.6 Å². The second-order valence-corrected chi connectivity index (χ2v) is 6.58. The SMILES string of the molecule is Cc1cc(-c2ccccc2)nc2c1C(=NO)CC(C)(C)C2. The van der Waals surface area contributed by atoms with Gasteiger partial charge in [0.05, 0.1) is 17.1 Å². The van der Waals surface area contributed by atoms with Gasteiger partial charge in [0.1, 0.15) is 0 Å². The van der Waals surface area contributed by atoms with Crippen LogP contribution in [0.4, 0.5) is 0 Å². The molecule has 1 aromatic heterocycles. The number of pyridine rings is 1. The van der Waals surface area contributed by atoms with Crippen molar-refractivity contribution in [1.29, 1.82) is 0 Å². The number of benzene rings is 1. The lowest BCUT2D eigenvalue weighted by atomic mass is 9.74. The van der Waals surface area contributed by atoms with Crippen molar-refractivity contribution in [2.75, 3.05) is 0 Å². The van der Waals surface area contributed by atoms with Gasteiger partial charge in [-0.2, -0.15) is 0 Å². The van der Waals surface area contributed by atoms with Crippen LogP contribution in [0.2, 0.25) is 0 Å². The summed E-state index contributed by atoms with van der Waals surface area (Å²) in [4.78, 5) is 4.85. The van der Waals surface area contributed by atoms with Crippen LogP contribution in [0.25, 0.3) is 11.3 Å². The third-order valence-electron chi connectivity index (χ3n) is 4.06. The van der Waals surface area contributed by atoms with Gasteiger partial charge in [-0.05, 0) is 36.8 Å². The van der Waals surface area contributed by atoms with Crippen LogP contribution < -0.4 is 0 Å². The fourth-order valence-electron chi connectivity index (χ4n) is 3.16. The van der Waals surface area contributed by atoms with E-state index in [9.17, 15) is 5.21 Å². The summed E-state index contributed by atoms with van der Waals surface area (Å²) in [5.41, 5.74) is 6.13. The van der Waals surface area contributed by atoms with E-state index < -0.39 is 0 Å². The Hall–Kier alpha value is -2.16. The zero-order valence-electron chi connectivity index (χ0n) is 12.7. The predicted molar refractivity (Wildman–Crippen MR) is 84.8 cm³/mol. The first-order valence-corrected chi connectivity index (χ1v) is 7.27. The first-order chi connectivity index (χ1) is 10.00. The molecule has 1 aliphatic carbocycles. The van der Waals surface area contributed by atoms with Crippen molar-refractivity contribution in [3.8, 4) is 11.3 Å². The van der Waals surface area contributed by atoms with Gasteiger partial charge in [0.15, 0.2) is 0 Å². The Morgan fingerprint density at radius 3 is 2.52 bits per heavy atom. The Bertz CT molecular complexity index is 703. The normalized spacial score (nSPS) is 18.5. The van der Waals surface area contributed by atoms with Gasteiger partial charge in [-0.3, -0.25) is 4.98 Å². The second-order valence-electron chi connectivity index (χ2n) is 6.58. The number of oxime groups is 1. The number of hydrogen-bond acceptors (Lipinski definition) is 3. The first kappa shape index (κ1) is 13.8. The third-order valence-corrected chi connectivity index (χ3v) is 4.06. The van der Waals surface area contributed by atoms with Gasteiger partial charge in [0, 0.05) is 11.1 Å². The predicted octanol–water partition coefficient (Wildman–Crippen LogP) is 4.21. The van der Waals surface area contributed by atoms with E-state index in [1.165, 1.54) is 0 Å². The zero-order valence-corrected chi connectivity index (χ0v) is 12.7. The Kier molecular flexibility index (Phi) is 3.28. The Morgan fingerprint density at radius 2 is 1.86 bits per heavy atom. The molecule has 3 nitrogen and oxygen atoms in total. The number of fused-ring (bicyclic) bond motifs is 1. The van der Waals surface area contributed by atoms with Crippen molar-refractivity contribution in [3.05, 3.63) is 53.2 Å². The maximum atomic E-state index is 9.34. The third kappa shape index (κ3) is 2.56. The van der Waals surface area contributed by atoms with Gasteiger partial charge in [-0.25, -0.2) is 0 Å². The van der Waals surface area contributed by atoms with Gasteiger partial charge >= 0.3 is 0 Å². The van der Waals surface area contributed by atoms with Gasteiger partial charge in [-0.15, -0.1) is 0 Å². The van der Waals surface area contributed by atoms with E-state index >= 15 is 0 Å². The lowest BCUT2D eigenvalue weighted by Crippen LogP contribution is -2.29. The molecule has 1 heterocycles. The Labute approximate surface area is 125 Å². The van der Waals surface area contributed by atoms with E-state index in [2.05, 4.69) is 44.1 Å². The van der Waals surface area contributed by atoms with Crippen LogP contribution in [-0.4, -0.2) is 15.9 Å². The highest BCUT2D eigenvalue weighted by molar-refractivity contribution is 6.04. The van der Waals surface area contributed by atoms with E-state index in [-0.39, 0.29) is 5.41 Å². The molecule has 3 rings (SSSR count). The maximum Gasteiger partial charge on any atom is 0.0894 e. The number of nitrogens with zero attached hydrogens (tertiary/aromatic N) is 2. The topological polar surface area (TPSA) is 45.5 Å². The average Bonchev–Trinajstić information content (AvgIpc) is 2.45. The fourth-order valence-corrected chi connectivity index (χ4v) is 3.16. The van der Waals surface area contributed by atoms with E-state index in [0.717, 1.165) is 46.6 Å². The maximum absolute atomic E-state index is 9.34. The molecule has 0 amide bonds. The first-order valence-electron chi connectivity index (χ1n) is 7.27. The smallest absolute Gasteiger partial charge is 0.0894 e. The lowest BCUT2D eigenvalue weighted by molar-refractivity contribution is 0.305. The van der Waals surface area contributed by atoms with Gasteiger partial charge in [0.2, 0.25) is 0 Å². The molecule has 3 heteroatoms. The Balaban J connectivity index is 2.17. The lowest BCUT2D eigenvalue weighted by Gasteiger charge is -2.32. The minimum atomic E-state index is 0.0727. The molecule has 0 spiro atoms. The van der Waals surface area contributed by atoms with Crippen LogP contribution in [0.1, 0.15) is 37.1 Å². The summed E-state index contributed by atoms with van der Waals surface area (Å²) in [6.45, 7) is 6.44. The van der Waals surface area contributed by atoms with Crippen LogP contribution in [-0.2, 0) is 6.42 Å². The molecule has 2 aromatic rings. The molecule has 0 radical (unpaired) electrons. The number of rotatable bonds is 1. The van der Waals surface area contributed by atoms with Gasteiger partial charge < -0.3 is 5.21 Å². The molecule has 1 aliphatic rings. The van der Waals surface area contributed by atoms with Crippen LogP contribution in [0.3, 0.4) is 0 Å². The fraction of sp³-hybridized carbons (Fsp3) is 0.333. The van der Waals surface area contributed by atoms with E-state index in [4.69, 9.17) is 4.98 Å². The van der Waals surface area contributed by atoms with Crippen LogP contribution in [0.5, 0.6) is 0 Å². The van der Waals surface area contributed by atoms with Crippen molar-refractivity contribution in [2.45, 2.75) is 33.6 Å². The molecule has 1 N–H and O–H groups in total. The standard InChI is InChI=1S/C18H20N2O/c1-12-9-14(13-7-5-4-6-8-13)19-15-10-18(2,3)11-16(20-21)17(12)15/h4-9,21H,10-11H2,1-3H3. The summed E-state index contributed by atoms with van der Waals surface area (Å²) in [6.07, 6.45) is 1.69. The molecule has 0 bridgehead atoms. The summed E-state index contributed by atoms with van der Waals surface area (Å²) in [5, 5.41) is 12.9. The zero-order chi connectivity index (χ0) is 15.0. The Morgan fingerprint density at radius 1 is 1.14 bits per heavy atom. The van der Waals surface area contributed by atoms with Crippen molar-refractivity contribution >= 4 is 5.71 Å². The molecule has 1 aromatic carbocycles. The highest BCUT2D eigenvalue weighted by Crippen LogP contribution is 2.36. The van der Waals surface area contributed by atoms with Crippen molar-refractivity contribution < 1.29 is 5.21 Å². The van der Waals surface area contributed by atoms with Gasteiger partial charge in [-0.1, -0.05) is 49.3 Å². The van der Waals surface area contributed by atoms with Crippen LogP contribution in [0.15, 0.2) is 41.6 Å². The van der Waals surface area contributed by atoms with Gasteiger partial charge in [0.25, 0.3) is 0 Å². The molecule has 0 fully saturated rings. The molecule has 0 unspecified atom stereocenters. The molecule has 0 saturated carbocycles. The molecule has 0 aliphatic heterocycles. The molecule has 108 valence electrons. The molecular formula is C18H20N2O. The van der Waals surface area contributed by atoms with Crippen molar-refractivity contribution in [3.63, 3.8) is 0 Å². The summed E-state index contributed by atoms with van der Waals surface area (Å²) < 4.78 is 0. The van der Waals surface area contributed by atoms with Crippen LogP contribution in [0, 0.1) is 12.3 Å². The summed E-state index contributed by atoms with van der Waals surface area (Å²) in [5.74, 6) is 0. The number of aryl methyl sites for hydroxylation is 1. The van der Waals surface area contributed by atoms with E-state index in [0.29, 0.717) is 0 Å². The van der Waals surface area contributed by atoms with Crippen LogP contribution >= 0.6 is 0 Å². The minimum absolute atomic E-state index is 0.0727.